The number of likely N-dealkylation sites (tertiary alicyclic amines) is 1. The van der Waals surface area contributed by atoms with Gasteiger partial charge in [0.25, 0.3) is 0 Å². The highest BCUT2D eigenvalue weighted by Crippen LogP contribution is 2.26. The highest BCUT2D eigenvalue weighted by Gasteiger charge is 2.22. The van der Waals surface area contributed by atoms with Crippen molar-refractivity contribution in [3.05, 3.63) is 23.8 Å². The molecule has 1 unspecified atom stereocenters. The molecule has 1 saturated heterocycles. The van der Waals surface area contributed by atoms with Crippen LogP contribution in [0, 0.1) is 5.92 Å². The van der Waals surface area contributed by atoms with E-state index in [0.29, 0.717) is 11.7 Å². The Labute approximate surface area is 115 Å². The van der Waals surface area contributed by atoms with E-state index in [-0.39, 0.29) is 6.04 Å². The van der Waals surface area contributed by atoms with E-state index in [2.05, 4.69) is 11.8 Å². The molecule has 0 saturated carbocycles. The zero-order chi connectivity index (χ0) is 13.8. The molecule has 1 fully saturated rings. The Morgan fingerprint density at radius 1 is 1.42 bits per heavy atom. The maximum Gasteiger partial charge on any atom is 0.120 e. The van der Waals surface area contributed by atoms with E-state index in [1.807, 2.05) is 6.07 Å². The molecule has 1 aliphatic rings. The highest BCUT2D eigenvalue weighted by atomic mass is 16.5. The van der Waals surface area contributed by atoms with Crippen LogP contribution >= 0.6 is 0 Å². The zero-order valence-corrected chi connectivity index (χ0v) is 11.8. The van der Waals surface area contributed by atoms with Crippen LogP contribution in [0.15, 0.2) is 18.2 Å². The van der Waals surface area contributed by atoms with Crippen LogP contribution in [-0.4, -0.2) is 36.2 Å². The van der Waals surface area contributed by atoms with Gasteiger partial charge in [0, 0.05) is 18.2 Å². The van der Waals surface area contributed by atoms with Crippen LogP contribution < -0.4 is 10.5 Å². The minimum absolute atomic E-state index is 0.285. The van der Waals surface area contributed by atoms with Gasteiger partial charge in [-0.05, 0) is 57.0 Å². The van der Waals surface area contributed by atoms with E-state index in [4.69, 9.17) is 10.5 Å². The molecule has 0 aromatic heterocycles. The van der Waals surface area contributed by atoms with Gasteiger partial charge in [-0.1, -0.05) is 0 Å². The smallest absolute Gasteiger partial charge is 0.120 e. The van der Waals surface area contributed by atoms with Crippen LogP contribution in [-0.2, 0) is 6.54 Å². The molecule has 19 heavy (non-hydrogen) atoms. The minimum atomic E-state index is 0.285. The summed E-state index contributed by atoms with van der Waals surface area (Å²) in [5.74, 6) is 1.77. The van der Waals surface area contributed by atoms with Gasteiger partial charge >= 0.3 is 0 Å². The molecule has 1 atom stereocenters. The van der Waals surface area contributed by atoms with Crippen LogP contribution in [0.4, 0.5) is 0 Å². The van der Waals surface area contributed by atoms with Gasteiger partial charge in [0.05, 0.1) is 7.11 Å². The van der Waals surface area contributed by atoms with Crippen LogP contribution in [0.2, 0.25) is 0 Å². The summed E-state index contributed by atoms with van der Waals surface area (Å²) in [4.78, 5) is 2.37. The van der Waals surface area contributed by atoms with Crippen molar-refractivity contribution in [2.24, 2.45) is 11.7 Å². The zero-order valence-electron chi connectivity index (χ0n) is 11.8. The molecule has 2 rings (SSSR count). The topological polar surface area (TPSA) is 58.7 Å². The first kappa shape index (κ1) is 14.2. The largest absolute Gasteiger partial charge is 0.508 e. The Hall–Kier alpha value is -1.26. The van der Waals surface area contributed by atoms with Crippen LogP contribution in [0.1, 0.15) is 25.3 Å². The van der Waals surface area contributed by atoms with Crippen molar-refractivity contribution in [1.29, 1.82) is 0 Å². The van der Waals surface area contributed by atoms with E-state index in [9.17, 15) is 5.11 Å². The molecule has 4 heteroatoms. The average molecular weight is 264 g/mol. The van der Waals surface area contributed by atoms with E-state index >= 15 is 0 Å². The first-order chi connectivity index (χ1) is 9.10. The lowest BCUT2D eigenvalue weighted by molar-refractivity contribution is 0.164. The van der Waals surface area contributed by atoms with Gasteiger partial charge in [0.2, 0.25) is 0 Å². The third kappa shape index (κ3) is 3.61. The standard InChI is InChI=1S/C15H24N2O2/c1-11(16)12-5-7-17(8-6-12)10-13-9-14(19-2)3-4-15(13)18/h3-4,9,11-12,18H,5-8,10,16H2,1-2H3. The number of hydrogen-bond acceptors (Lipinski definition) is 4. The quantitative estimate of drug-likeness (QED) is 0.873. The molecule has 106 valence electrons. The van der Waals surface area contributed by atoms with Crippen molar-refractivity contribution in [2.75, 3.05) is 20.2 Å². The van der Waals surface area contributed by atoms with E-state index in [1.165, 1.54) is 0 Å². The number of hydrogen-bond donors (Lipinski definition) is 2. The van der Waals surface area contributed by atoms with Crippen LogP contribution in [0.5, 0.6) is 11.5 Å². The Bertz CT molecular complexity index is 413. The number of piperidine rings is 1. The normalized spacial score (nSPS) is 19.3. The van der Waals surface area contributed by atoms with Crippen LogP contribution in [0.3, 0.4) is 0 Å². The first-order valence-electron chi connectivity index (χ1n) is 6.94. The molecule has 0 amide bonds. The SMILES string of the molecule is COc1ccc(O)c(CN2CCC(C(C)N)CC2)c1. The van der Waals surface area contributed by atoms with Gasteiger partial charge in [-0.25, -0.2) is 0 Å². The summed E-state index contributed by atoms with van der Waals surface area (Å²) in [7, 11) is 1.64. The molecular weight excluding hydrogens is 240 g/mol. The second kappa shape index (κ2) is 6.26. The number of aromatic hydroxyl groups is 1. The maximum absolute atomic E-state index is 9.90. The summed E-state index contributed by atoms with van der Waals surface area (Å²) >= 11 is 0. The van der Waals surface area contributed by atoms with Crippen molar-refractivity contribution >= 4 is 0 Å². The predicted octanol–water partition coefficient (Wildman–Crippen LogP) is 1.96. The van der Waals surface area contributed by atoms with Crippen molar-refractivity contribution in [1.82, 2.24) is 4.90 Å². The number of benzene rings is 1. The third-order valence-corrected chi connectivity index (χ3v) is 4.06. The molecule has 4 nitrogen and oxygen atoms in total. The number of phenolic OH excluding ortho intramolecular Hbond substituents is 1. The highest BCUT2D eigenvalue weighted by molar-refractivity contribution is 5.39. The number of rotatable bonds is 4. The summed E-state index contributed by atoms with van der Waals surface area (Å²) in [6, 6.07) is 5.67. The predicted molar refractivity (Wildman–Crippen MR) is 76.3 cm³/mol. The van der Waals surface area contributed by atoms with Gasteiger partial charge in [0.1, 0.15) is 11.5 Å². The van der Waals surface area contributed by atoms with Crippen molar-refractivity contribution in [2.45, 2.75) is 32.4 Å². The Kier molecular flexibility index (Phi) is 4.66. The maximum atomic E-state index is 9.90. The molecule has 1 aromatic rings. The number of nitrogens with two attached hydrogens (primary N) is 1. The number of nitrogens with zero attached hydrogens (tertiary/aromatic N) is 1. The fourth-order valence-corrected chi connectivity index (χ4v) is 2.69. The summed E-state index contributed by atoms with van der Waals surface area (Å²) in [6.07, 6.45) is 2.28. The van der Waals surface area contributed by atoms with Crippen molar-refractivity contribution in [3.8, 4) is 11.5 Å². The molecule has 3 N–H and O–H groups in total. The Balaban J connectivity index is 1.95. The minimum Gasteiger partial charge on any atom is -0.508 e. The van der Waals surface area contributed by atoms with Gasteiger partial charge < -0.3 is 15.6 Å². The molecule has 1 heterocycles. The summed E-state index contributed by atoms with van der Waals surface area (Å²) < 4.78 is 5.20. The molecule has 0 aliphatic carbocycles. The molecule has 0 radical (unpaired) electrons. The average Bonchev–Trinajstić information content (AvgIpc) is 2.42. The fraction of sp³-hybridized carbons (Fsp3) is 0.600. The van der Waals surface area contributed by atoms with Gasteiger partial charge in [-0.2, -0.15) is 0 Å². The van der Waals surface area contributed by atoms with Gasteiger partial charge in [-0.15, -0.1) is 0 Å². The first-order valence-corrected chi connectivity index (χ1v) is 6.94. The molecule has 1 aliphatic heterocycles. The monoisotopic (exact) mass is 264 g/mol. The molecule has 0 spiro atoms. The second-order valence-corrected chi connectivity index (χ2v) is 5.47. The van der Waals surface area contributed by atoms with E-state index in [1.54, 1.807) is 19.2 Å². The molecule has 1 aromatic carbocycles. The lowest BCUT2D eigenvalue weighted by Gasteiger charge is -2.33. The summed E-state index contributed by atoms with van der Waals surface area (Å²) in [5.41, 5.74) is 6.88. The number of ether oxygens (including phenoxy) is 1. The van der Waals surface area contributed by atoms with Gasteiger partial charge in [-0.3, -0.25) is 4.90 Å². The third-order valence-electron chi connectivity index (χ3n) is 4.06. The molecular formula is C15H24N2O2. The Morgan fingerprint density at radius 2 is 2.11 bits per heavy atom. The van der Waals surface area contributed by atoms with Gasteiger partial charge in [0.15, 0.2) is 0 Å². The summed E-state index contributed by atoms with van der Waals surface area (Å²) in [6.45, 7) is 4.95. The molecule has 0 bridgehead atoms. The number of phenols is 1. The summed E-state index contributed by atoms with van der Waals surface area (Å²) in [5, 5.41) is 9.90. The van der Waals surface area contributed by atoms with Crippen LogP contribution in [0.25, 0.3) is 0 Å². The van der Waals surface area contributed by atoms with Crippen molar-refractivity contribution < 1.29 is 9.84 Å². The number of methoxy groups -OCH3 is 1. The van der Waals surface area contributed by atoms with E-state index < -0.39 is 0 Å². The fourth-order valence-electron chi connectivity index (χ4n) is 2.69. The Morgan fingerprint density at radius 3 is 2.68 bits per heavy atom. The lowest BCUT2D eigenvalue weighted by atomic mass is 9.91. The lowest BCUT2D eigenvalue weighted by Crippen LogP contribution is -2.39. The van der Waals surface area contributed by atoms with E-state index in [0.717, 1.165) is 43.8 Å². The second-order valence-electron chi connectivity index (χ2n) is 5.47. The van der Waals surface area contributed by atoms with Crippen molar-refractivity contribution in [3.63, 3.8) is 0 Å².